The zero-order chi connectivity index (χ0) is 10.1. The van der Waals surface area contributed by atoms with Crippen molar-refractivity contribution in [1.82, 2.24) is 4.90 Å². The van der Waals surface area contributed by atoms with E-state index in [0.29, 0.717) is 12.2 Å². The van der Waals surface area contributed by atoms with Crippen molar-refractivity contribution in [2.75, 3.05) is 19.6 Å². The molecular formula is C11H23NO. The highest BCUT2D eigenvalue weighted by Gasteiger charge is 2.04. The zero-order valence-corrected chi connectivity index (χ0v) is 9.31. The molecule has 0 unspecified atom stereocenters. The number of carbonyl (C=O) groups is 1. The number of hydrogen-bond donors (Lipinski definition) is 0. The average Bonchev–Trinajstić information content (AvgIpc) is 2.14. The summed E-state index contributed by atoms with van der Waals surface area (Å²) in [5, 5.41) is 0. The topological polar surface area (TPSA) is 20.3 Å². The second-order valence-corrected chi connectivity index (χ2v) is 3.48. The van der Waals surface area contributed by atoms with Gasteiger partial charge in [-0.05, 0) is 25.9 Å². The smallest absolute Gasteiger partial charge is 0.133 e. The zero-order valence-electron chi connectivity index (χ0n) is 9.31. The molecule has 0 aliphatic carbocycles. The molecule has 78 valence electrons. The first kappa shape index (κ1) is 12.6. The first-order valence-electron chi connectivity index (χ1n) is 5.48. The van der Waals surface area contributed by atoms with E-state index in [0.717, 1.165) is 26.1 Å². The summed E-state index contributed by atoms with van der Waals surface area (Å²) in [5.41, 5.74) is 0. The summed E-state index contributed by atoms with van der Waals surface area (Å²) in [4.78, 5) is 13.5. The van der Waals surface area contributed by atoms with Crippen LogP contribution in [0.25, 0.3) is 0 Å². The third kappa shape index (κ3) is 6.76. The lowest BCUT2D eigenvalue weighted by Crippen LogP contribution is -2.27. The van der Waals surface area contributed by atoms with E-state index < -0.39 is 0 Å². The molecule has 0 rings (SSSR count). The standard InChI is InChI=1S/C11H23NO/c1-4-8-12(9-5-2)10-7-11(13)6-3/h4-10H2,1-3H3. The molecule has 0 aromatic carbocycles. The van der Waals surface area contributed by atoms with E-state index in [1.807, 2.05) is 6.92 Å². The minimum absolute atomic E-state index is 0.386. The Morgan fingerprint density at radius 2 is 1.54 bits per heavy atom. The molecule has 0 spiro atoms. The molecule has 0 radical (unpaired) electrons. The molecule has 0 atom stereocenters. The summed E-state index contributed by atoms with van der Waals surface area (Å²) in [5.74, 6) is 0.386. The fraction of sp³-hybridized carbons (Fsp3) is 0.909. The minimum atomic E-state index is 0.386. The van der Waals surface area contributed by atoms with Crippen molar-refractivity contribution in [3.63, 3.8) is 0 Å². The van der Waals surface area contributed by atoms with Crippen LogP contribution in [0.3, 0.4) is 0 Å². The Labute approximate surface area is 82.3 Å². The van der Waals surface area contributed by atoms with Gasteiger partial charge in [-0.3, -0.25) is 4.79 Å². The van der Waals surface area contributed by atoms with E-state index in [1.54, 1.807) is 0 Å². The summed E-state index contributed by atoms with van der Waals surface area (Å²) in [6.45, 7) is 9.52. The Morgan fingerprint density at radius 1 is 1.00 bits per heavy atom. The van der Waals surface area contributed by atoms with Crippen molar-refractivity contribution in [3.05, 3.63) is 0 Å². The van der Waals surface area contributed by atoms with Crippen LogP contribution in [0.4, 0.5) is 0 Å². The third-order valence-electron chi connectivity index (χ3n) is 2.18. The van der Waals surface area contributed by atoms with Crippen molar-refractivity contribution in [3.8, 4) is 0 Å². The van der Waals surface area contributed by atoms with E-state index in [2.05, 4.69) is 18.7 Å². The van der Waals surface area contributed by atoms with Crippen molar-refractivity contribution >= 4 is 5.78 Å². The highest BCUT2D eigenvalue weighted by atomic mass is 16.1. The van der Waals surface area contributed by atoms with Crippen LogP contribution in [-0.4, -0.2) is 30.3 Å². The predicted octanol–water partition coefficient (Wildman–Crippen LogP) is 2.48. The molecule has 0 aromatic rings. The molecule has 0 saturated carbocycles. The van der Waals surface area contributed by atoms with E-state index in [1.165, 1.54) is 12.8 Å². The van der Waals surface area contributed by atoms with Gasteiger partial charge in [-0.25, -0.2) is 0 Å². The van der Waals surface area contributed by atoms with Gasteiger partial charge in [-0.1, -0.05) is 20.8 Å². The van der Waals surface area contributed by atoms with Gasteiger partial charge in [0.2, 0.25) is 0 Å². The SMILES string of the molecule is CCCN(CCC)CCC(=O)CC. The maximum Gasteiger partial charge on any atom is 0.133 e. The summed E-state index contributed by atoms with van der Waals surface area (Å²) < 4.78 is 0. The molecule has 0 saturated heterocycles. The lowest BCUT2D eigenvalue weighted by atomic mass is 10.2. The van der Waals surface area contributed by atoms with Gasteiger partial charge >= 0.3 is 0 Å². The number of Topliss-reactive ketones (excluding diaryl/α,β-unsaturated/α-hetero) is 1. The fourth-order valence-corrected chi connectivity index (χ4v) is 1.43. The lowest BCUT2D eigenvalue weighted by Gasteiger charge is -2.20. The second-order valence-electron chi connectivity index (χ2n) is 3.48. The van der Waals surface area contributed by atoms with Crippen molar-refractivity contribution < 1.29 is 4.79 Å². The number of nitrogens with zero attached hydrogens (tertiary/aromatic N) is 1. The Hall–Kier alpha value is -0.370. The van der Waals surface area contributed by atoms with Crippen LogP contribution < -0.4 is 0 Å². The number of rotatable bonds is 8. The molecule has 0 aromatic heterocycles. The number of carbonyl (C=O) groups excluding carboxylic acids is 1. The number of ketones is 1. The van der Waals surface area contributed by atoms with Gasteiger partial charge in [0.05, 0.1) is 0 Å². The van der Waals surface area contributed by atoms with Crippen LogP contribution in [0, 0.1) is 0 Å². The van der Waals surface area contributed by atoms with Crippen LogP contribution in [0.15, 0.2) is 0 Å². The fourth-order valence-electron chi connectivity index (χ4n) is 1.43. The monoisotopic (exact) mass is 185 g/mol. The summed E-state index contributed by atoms with van der Waals surface area (Å²) in [6.07, 6.45) is 3.78. The first-order chi connectivity index (χ1) is 6.24. The van der Waals surface area contributed by atoms with E-state index in [4.69, 9.17) is 0 Å². The van der Waals surface area contributed by atoms with Crippen LogP contribution in [0.5, 0.6) is 0 Å². The summed E-state index contributed by atoms with van der Waals surface area (Å²) >= 11 is 0. The van der Waals surface area contributed by atoms with Crippen LogP contribution >= 0.6 is 0 Å². The molecule has 2 nitrogen and oxygen atoms in total. The first-order valence-corrected chi connectivity index (χ1v) is 5.48. The highest BCUT2D eigenvalue weighted by Crippen LogP contribution is 1.98. The second kappa shape index (κ2) is 8.24. The maximum absolute atomic E-state index is 11.1. The van der Waals surface area contributed by atoms with Gasteiger partial charge < -0.3 is 4.90 Å². The lowest BCUT2D eigenvalue weighted by molar-refractivity contribution is -0.119. The molecule has 13 heavy (non-hydrogen) atoms. The summed E-state index contributed by atoms with van der Waals surface area (Å²) in [6, 6.07) is 0. The summed E-state index contributed by atoms with van der Waals surface area (Å²) in [7, 11) is 0. The van der Waals surface area contributed by atoms with Crippen LogP contribution in [-0.2, 0) is 4.79 Å². The molecule has 0 amide bonds. The van der Waals surface area contributed by atoms with Gasteiger partial charge in [0.15, 0.2) is 0 Å². The largest absolute Gasteiger partial charge is 0.303 e. The van der Waals surface area contributed by atoms with Crippen LogP contribution in [0.2, 0.25) is 0 Å². The highest BCUT2D eigenvalue weighted by molar-refractivity contribution is 5.78. The minimum Gasteiger partial charge on any atom is -0.303 e. The maximum atomic E-state index is 11.1. The molecule has 2 heteroatoms. The predicted molar refractivity (Wildman–Crippen MR) is 56.9 cm³/mol. The van der Waals surface area contributed by atoms with Crippen molar-refractivity contribution in [1.29, 1.82) is 0 Å². The van der Waals surface area contributed by atoms with E-state index >= 15 is 0 Å². The van der Waals surface area contributed by atoms with Crippen LogP contribution in [0.1, 0.15) is 46.5 Å². The van der Waals surface area contributed by atoms with E-state index in [9.17, 15) is 4.79 Å². The Bertz CT molecular complexity index is 128. The molecule has 0 bridgehead atoms. The molecule has 0 aliphatic rings. The van der Waals surface area contributed by atoms with Gasteiger partial charge in [-0.15, -0.1) is 0 Å². The molecule has 0 heterocycles. The van der Waals surface area contributed by atoms with Gasteiger partial charge in [0.1, 0.15) is 5.78 Å². The molecule has 0 aliphatic heterocycles. The Balaban J connectivity index is 3.61. The molecular weight excluding hydrogens is 162 g/mol. The van der Waals surface area contributed by atoms with Gasteiger partial charge in [0.25, 0.3) is 0 Å². The van der Waals surface area contributed by atoms with Crippen molar-refractivity contribution in [2.24, 2.45) is 0 Å². The average molecular weight is 185 g/mol. The van der Waals surface area contributed by atoms with Crippen molar-refractivity contribution in [2.45, 2.75) is 46.5 Å². The molecule has 0 fully saturated rings. The number of hydrogen-bond acceptors (Lipinski definition) is 2. The normalized spacial score (nSPS) is 10.8. The third-order valence-corrected chi connectivity index (χ3v) is 2.18. The Kier molecular flexibility index (Phi) is 8.00. The molecule has 0 N–H and O–H groups in total. The van der Waals surface area contributed by atoms with Gasteiger partial charge in [-0.2, -0.15) is 0 Å². The van der Waals surface area contributed by atoms with E-state index in [-0.39, 0.29) is 0 Å². The Morgan fingerprint density at radius 3 is 1.92 bits per heavy atom. The van der Waals surface area contributed by atoms with Gasteiger partial charge in [0, 0.05) is 19.4 Å². The quantitative estimate of drug-likeness (QED) is 0.579.